The van der Waals surface area contributed by atoms with Gasteiger partial charge in [-0.05, 0) is 42.3 Å². The SMILES string of the molecule is Cc1csc(SCc2ccc(C(=O)N(C)Cc3ccc(F)cc3)cc2)n1. The summed E-state index contributed by atoms with van der Waals surface area (Å²) in [6.45, 7) is 2.43. The predicted molar refractivity (Wildman–Crippen MR) is 105 cm³/mol. The molecule has 0 bridgehead atoms. The Bertz CT molecular complexity index is 876. The van der Waals surface area contributed by atoms with Crippen molar-refractivity contribution in [1.29, 1.82) is 0 Å². The largest absolute Gasteiger partial charge is 0.337 e. The molecule has 6 heteroatoms. The number of thiazole rings is 1. The maximum absolute atomic E-state index is 13.0. The number of hydrogen-bond donors (Lipinski definition) is 0. The molecule has 0 N–H and O–H groups in total. The van der Waals surface area contributed by atoms with Crippen LogP contribution in [-0.2, 0) is 12.3 Å². The van der Waals surface area contributed by atoms with Crippen LogP contribution in [0.3, 0.4) is 0 Å². The van der Waals surface area contributed by atoms with Gasteiger partial charge in [0.1, 0.15) is 10.2 Å². The van der Waals surface area contributed by atoms with Crippen LogP contribution in [0.2, 0.25) is 0 Å². The first-order valence-electron chi connectivity index (χ1n) is 8.15. The van der Waals surface area contributed by atoms with Crippen LogP contribution in [0.4, 0.5) is 4.39 Å². The molecule has 0 aliphatic rings. The number of carbonyl (C=O) groups excluding carboxylic acids is 1. The average Bonchev–Trinajstić information content (AvgIpc) is 3.07. The van der Waals surface area contributed by atoms with E-state index in [0.717, 1.165) is 26.9 Å². The van der Waals surface area contributed by atoms with Crippen molar-refractivity contribution in [3.63, 3.8) is 0 Å². The zero-order valence-corrected chi connectivity index (χ0v) is 16.2. The highest BCUT2D eigenvalue weighted by atomic mass is 32.2. The molecule has 0 unspecified atom stereocenters. The van der Waals surface area contributed by atoms with Crippen LogP contribution in [0.1, 0.15) is 27.2 Å². The number of halogens is 1. The van der Waals surface area contributed by atoms with Gasteiger partial charge in [0, 0.05) is 36.0 Å². The van der Waals surface area contributed by atoms with Crippen LogP contribution < -0.4 is 0 Å². The normalized spacial score (nSPS) is 10.7. The second-order valence-corrected chi connectivity index (χ2v) is 8.11. The number of thioether (sulfide) groups is 1. The highest BCUT2D eigenvalue weighted by Gasteiger charge is 2.12. The van der Waals surface area contributed by atoms with Crippen molar-refractivity contribution in [1.82, 2.24) is 9.88 Å². The van der Waals surface area contributed by atoms with Crippen LogP contribution in [0.15, 0.2) is 58.3 Å². The Kier molecular flexibility index (Phi) is 6.06. The first-order chi connectivity index (χ1) is 12.5. The number of aryl methyl sites for hydroxylation is 1. The molecule has 1 amide bonds. The molecule has 2 aromatic carbocycles. The number of nitrogens with zero attached hydrogens (tertiary/aromatic N) is 2. The molecule has 1 heterocycles. The Balaban J connectivity index is 1.58. The summed E-state index contributed by atoms with van der Waals surface area (Å²) in [6, 6.07) is 13.9. The van der Waals surface area contributed by atoms with Gasteiger partial charge in [-0.2, -0.15) is 0 Å². The quantitative estimate of drug-likeness (QED) is 0.549. The average molecular weight is 387 g/mol. The van der Waals surface area contributed by atoms with E-state index in [9.17, 15) is 9.18 Å². The fourth-order valence-corrected chi connectivity index (χ4v) is 4.25. The van der Waals surface area contributed by atoms with E-state index < -0.39 is 0 Å². The number of benzene rings is 2. The monoisotopic (exact) mass is 386 g/mol. The molecular weight excluding hydrogens is 367 g/mol. The molecule has 134 valence electrons. The Labute approximate surface area is 160 Å². The molecule has 0 fully saturated rings. The Morgan fingerprint density at radius 1 is 1.12 bits per heavy atom. The number of carbonyl (C=O) groups is 1. The predicted octanol–water partition coefficient (Wildman–Crippen LogP) is 5.16. The van der Waals surface area contributed by atoms with E-state index in [0.29, 0.717) is 12.1 Å². The van der Waals surface area contributed by atoms with Crippen molar-refractivity contribution >= 4 is 29.0 Å². The van der Waals surface area contributed by atoms with Gasteiger partial charge in [-0.25, -0.2) is 9.37 Å². The molecule has 0 radical (unpaired) electrons. The van der Waals surface area contributed by atoms with Crippen LogP contribution in [0, 0.1) is 12.7 Å². The Morgan fingerprint density at radius 2 is 1.77 bits per heavy atom. The summed E-state index contributed by atoms with van der Waals surface area (Å²) in [5.41, 5.74) is 3.74. The van der Waals surface area contributed by atoms with Crippen LogP contribution in [0.25, 0.3) is 0 Å². The van der Waals surface area contributed by atoms with Gasteiger partial charge in [-0.1, -0.05) is 36.0 Å². The maximum atomic E-state index is 13.0. The summed E-state index contributed by atoms with van der Waals surface area (Å²) in [7, 11) is 1.75. The lowest BCUT2D eigenvalue weighted by Crippen LogP contribution is -2.26. The summed E-state index contributed by atoms with van der Waals surface area (Å²) in [5, 5.41) is 2.04. The van der Waals surface area contributed by atoms with Gasteiger partial charge in [0.05, 0.1) is 0 Å². The van der Waals surface area contributed by atoms with Gasteiger partial charge in [-0.3, -0.25) is 4.79 Å². The van der Waals surface area contributed by atoms with Crippen molar-refractivity contribution < 1.29 is 9.18 Å². The molecule has 3 rings (SSSR count). The highest BCUT2D eigenvalue weighted by molar-refractivity contribution is 8.00. The smallest absolute Gasteiger partial charge is 0.253 e. The van der Waals surface area contributed by atoms with E-state index >= 15 is 0 Å². The second-order valence-electron chi connectivity index (χ2n) is 6.03. The van der Waals surface area contributed by atoms with E-state index in [4.69, 9.17) is 0 Å². The minimum absolute atomic E-state index is 0.0518. The molecule has 0 saturated heterocycles. The summed E-state index contributed by atoms with van der Waals surface area (Å²) in [6.07, 6.45) is 0. The molecular formula is C20H19FN2OS2. The molecule has 0 aliphatic heterocycles. The third-order valence-corrected chi connectivity index (χ3v) is 6.05. The van der Waals surface area contributed by atoms with E-state index in [2.05, 4.69) is 4.98 Å². The molecule has 3 aromatic rings. The number of hydrogen-bond acceptors (Lipinski definition) is 4. The highest BCUT2D eigenvalue weighted by Crippen LogP contribution is 2.26. The summed E-state index contributed by atoms with van der Waals surface area (Å²) in [5.74, 6) is 0.500. The van der Waals surface area contributed by atoms with E-state index in [1.54, 1.807) is 47.2 Å². The third-order valence-electron chi connectivity index (χ3n) is 3.84. The van der Waals surface area contributed by atoms with E-state index in [1.807, 2.05) is 36.6 Å². The molecule has 0 saturated carbocycles. The fraction of sp³-hybridized carbons (Fsp3) is 0.200. The molecule has 3 nitrogen and oxygen atoms in total. The topological polar surface area (TPSA) is 33.2 Å². The van der Waals surface area contributed by atoms with Gasteiger partial charge >= 0.3 is 0 Å². The van der Waals surface area contributed by atoms with Crippen molar-refractivity contribution in [2.45, 2.75) is 23.6 Å². The summed E-state index contributed by atoms with van der Waals surface area (Å²) in [4.78, 5) is 18.6. The Hall–Kier alpha value is -2.18. The lowest BCUT2D eigenvalue weighted by atomic mass is 10.1. The van der Waals surface area contributed by atoms with Crippen molar-refractivity contribution in [2.75, 3.05) is 7.05 Å². The molecule has 0 atom stereocenters. The van der Waals surface area contributed by atoms with Gasteiger partial charge in [0.2, 0.25) is 0 Å². The maximum Gasteiger partial charge on any atom is 0.253 e. The lowest BCUT2D eigenvalue weighted by molar-refractivity contribution is 0.0785. The van der Waals surface area contributed by atoms with Gasteiger partial charge < -0.3 is 4.90 Å². The van der Waals surface area contributed by atoms with Crippen molar-refractivity contribution in [2.24, 2.45) is 0 Å². The van der Waals surface area contributed by atoms with E-state index in [-0.39, 0.29) is 11.7 Å². The van der Waals surface area contributed by atoms with Gasteiger partial charge in [-0.15, -0.1) is 11.3 Å². The second kappa shape index (κ2) is 8.47. The molecule has 1 aromatic heterocycles. The first-order valence-corrected chi connectivity index (χ1v) is 10.0. The fourth-order valence-electron chi connectivity index (χ4n) is 2.44. The van der Waals surface area contributed by atoms with Crippen LogP contribution >= 0.6 is 23.1 Å². The lowest BCUT2D eigenvalue weighted by Gasteiger charge is -2.17. The minimum Gasteiger partial charge on any atom is -0.337 e. The first kappa shape index (κ1) is 18.6. The number of aromatic nitrogens is 1. The van der Waals surface area contributed by atoms with Crippen LogP contribution in [-0.4, -0.2) is 22.8 Å². The van der Waals surface area contributed by atoms with Crippen LogP contribution in [0.5, 0.6) is 0 Å². The van der Waals surface area contributed by atoms with Gasteiger partial charge in [0.25, 0.3) is 5.91 Å². The summed E-state index contributed by atoms with van der Waals surface area (Å²) >= 11 is 3.35. The Morgan fingerprint density at radius 3 is 2.38 bits per heavy atom. The van der Waals surface area contributed by atoms with Crippen molar-refractivity contribution in [3.8, 4) is 0 Å². The molecule has 0 aliphatic carbocycles. The summed E-state index contributed by atoms with van der Waals surface area (Å²) < 4.78 is 14.0. The third kappa shape index (κ3) is 4.93. The molecule has 26 heavy (non-hydrogen) atoms. The zero-order valence-electron chi connectivity index (χ0n) is 14.6. The van der Waals surface area contributed by atoms with Crippen molar-refractivity contribution in [3.05, 3.63) is 82.1 Å². The standard InChI is InChI=1S/C20H19FN2OS2/c1-14-12-25-20(22-14)26-13-16-3-7-17(8-4-16)19(24)23(2)11-15-5-9-18(21)10-6-15/h3-10,12H,11,13H2,1-2H3. The number of rotatable bonds is 6. The number of amides is 1. The minimum atomic E-state index is -0.274. The zero-order chi connectivity index (χ0) is 18.5. The molecule has 0 spiro atoms. The van der Waals surface area contributed by atoms with E-state index in [1.165, 1.54) is 12.1 Å². The van der Waals surface area contributed by atoms with Gasteiger partial charge in [0.15, 0.2) is 0 Å².